The van der Waals surface area contributed by atoms with Crippen molar-refractivity contribution in [2.24, 2.45) is 4.40 Å². The minimum atomic E-state index is -3.58. The Hall–Kier alpha value is -2.14. The minimum Gasteiger partial charge on any atom is -0.875 e. The molecular weight excluding hydrogens is 274 g/mol. The van der Waals surface area contributed by atoms with E-state index in [0.717, 1.165) is 0 Å². The summed E-state index contributed by atoms with van der Waals surface area (Å²) in [5.41, 5.74) is 1.55. The van der Waals surface area contributed by atoms with Crippen molar-refractivity contribution in [2.45, 2.75) is 12.7 Å². The molecule has 1 aliphatic carbocycles. The molecule has 1 aromatic rings. The summed E-state index contributed by atoms with van der Waals surface area (Å²) in [5.74, 6) is -0.203. The van der Waals surface area contributed by atoms with Crippen molar-refractivity contribution in [1.82, 2.24) is 0 Å². The molecule has 0 spiro atoms. The van der Waals surface area contributed by atoms with Crippen LogP contribution in [0.4, 0.5) is 0 Å². The zero-order chi connectivity index (χ0) is 14.6. The van der Waals surface area contributed by atoms with Crippen molar-refractivity contribution in [2.75, 3.05) is 0 Å². The smallest absolute Gasteiger partial charge is 0.257 e. The van der Waals surface area contributed by atoms with Gasteiger partial charge in [-0.2, -0.15) is 4.40 Å². The first-order valence-electron chi connectivity index (χ1n) is 6.07. The van der Waals surface area contributed by atoms with Gasteiger partial charge in [-0.1, -0.05) is 49.4 Å². The lowest BCUT2D eigenvalue weighted by Gasteiger charge is -2.11. The van der Waals surface area contributed by atoms with Crippen LogP contribution in [0.5, 0.6) is 0 Å². The van der Waals surface area contributed by atoms with Gasteiger partial charge in [0.15, 0.2) is 0 Å². The van der Waals surface area contributed by atoms with Gasteiger partial charge >= 0.3 is 0 Å². The van der Waals surface area contributed by atoms with Gasteiger partial charge in [-0.3, -0.25) is 0 Å². The molecule has 1 aliphatic rings. The summed E-state index contributed by atoms with van der Waals surface area (Å²) in [6.45, 7) is 1.46. The highest BCUT2D eigenvalue weighted by atomic mass is 32.2. The predicted octanol–water partition coefficient (Wildman–Crippen LogP) is 1.72. The normalized spacial score (nSPS) is 14.4. The molecular formula is C15H14NO3S-. The highest BCUT2D eigenvalue weighted by Gasteiger charge is 2.11. The third-order valence-electron chi connectivity index (χ3n) is 2.71. The molecule has 20 heavy (non-hydrogen) atoms. The monoisotopic (exact) mass is 288 g/mol. The minimum absolute atomic E-state index is 0.0660. The van der Waals surface area contributed by atoms with E-state index < -0.39 is 10.0 Å². The number of allylic oxidation sites excluding steroid dienone is 6. The molecule has 0 bridgehead atoms. The van der Waals surface area contributed by atoms with Crippen LogP contribution < -0.4 is 5.11 Å². The second-order valence-electron chi connectivity index (χ2n) is 4.41. The van der Waals surface area contributed by atoms with Gasteiger partial charge < -0.3 is 5.11 Å². The van der Waals surface area contributed by atoms with E-state index >= 15 is 0 Å². The molecule has 0 aromatic heterocycles. The molecule has 0 amide bonds. The molecule has 5 heteroatoms. The molecule has 4 nitrogen and oxygen atoms in total. The molecule has 0 atom stereocenters. The average Bonchev–Trinajstić information content (AvgIpc) is 2.39. The Bertz CT molecular complexity index is 689. The van der Waals surface area contributed by atoms with Crippen molar-refractivity contribution < 1.29 is 13.5 Å². The summed E-state index contributed by atoms with van der Waals surface area (Å²) in [5, 5.41) is 11.1. The van der Waals surface area contributed by atoms with Crippen LogP contribution in [-0.2, 0) is 15.8 Å². The summed E-state index contributed by atoms with van der Waals surface area (Å²) in [6, 6.07) is 8.88. The average molecular weight is 288 g/mol. The van der Waals surface area contributed by atoms with Gasteiger partial charge in [-0.05, 0) is 23.3 Å². The Balaban J connectivity index is 2.18. The van der Waals surface area contributed by atoms with E-state index in [1.807, 2.05) is 6.07 Å². The number of sulfonamides is 1. The summed E-state index contributed by atoms with van der Waals surface area (Å²) in [7, 11) is -3.58. The molecule has 0 N–H and O–H groups in total. The maximum absolute atomic E-state index is 12.0. The van der Waals surface area contributed by atoms with Gasteiger partial charge in [0, 0.05) is 0 Å². The lowest BCUT2D eigenvalue weighted by Crippen LogP contribution is -2.07. The molecule has 0 heterocycles. The van der Waals surface area contributed by atoms with Crippen molar-refractivity contribution in [3.05, 3.63) is 71.5 Å². The molecule has 1 aromatic carbocycles. The lowest BCUT2D eigenvalue weighted by molar-refractivity contribution is -0.302. The summed E-state index contributed by atoms with van der Waals surface area (Å²) >= 11 is 0. The first-order chi connectivity index (χ1) is 9.46. The first-order valence-corrected chi connectivity index (χ1v) is 7.68. The largest absolute Gasteiger partial charge is 0.875 e. The number of benzene rings is 1. The molecule has 0 fully saturated rings. The Kier molecular flexibility index (Phi) is 4.20. The maximum Gasteiger partial charge on any atom is 0.257 e. The third-order valence-corrected chi connectivity index (χ3v) is 3.90. The van der Waals surface area contributed by atoms with E-state index in [0.29, 0.717) is 16.8 Å². The van der Waals surface area contributed by atoms with Gasteiger partial charge in [0.2, 0.25) is 0 Å². The van der Waals surface area contributed by atoms with Crippen LogP contribution >= 0.6 is 0 Å². The SMILES string of the molecule is CC([O-])=C1C=CC(=NS(=O)(=O)Cc2ccccc2)C=C1. The molecule has 0 radical (unpaired) electrons. The Morgan fingerprint density at radius 2 is 1.70 bits per heavy atom. The van der Waals surface area contributed by atoms with Crippen molar-refractivity contribution in [1.29, 1.82) is 0 Å². The predicted molar refractivity (Wildman–Crippen MR) is 77.5 cm³/mol. The van der Waals surface area contributed by atoms with Crippen LogP contribution in [0.25, 0.3) is 0 Å². The van der Waals surface area contributed by atoms with Crippen LogP contribution in [0.15, 0.2) is 70.4 Å². The fourth-order valence-electron chi connectivity index (χ4n) is 1.73. The van der Waals surface area contributed by atoms with Crippen LogP contribution in [0.3, 0.4) is 0 Å². The molecule has 104 valence electrons. The highest BCUT2D eigenvalue weighted by Crippen LogP contribution is 2.12. The maximum atomic E-state index is 12.0. The van der Waals surface area contributed by atoms with Crippen molar-refractivity contribution in [3.8, 4) is 0 Å². The fraction of sp³-hybridized carbons (Fsp3) is 0.133. The second kappa shape index (κ2) is 5.88. The first kappa shape index (κ1) is 14.3. The summed E-state index contributed by atoms with van der Waals surface area (Å²) in [6.07, 6.45) is 6.19. The molecule has 0 aliphatic heterocycles. The van der Waals surface area contributed by atoms with Crippen molar-refractivity contribution >= 4 is 15.7 Å². The Morgan fingerprint density at radius 1 is 1.10 bits per heavy atom. The standard InChI is InChI=1S/C15H15NO3S/c1-12(17)14-7-9-15(10-8-14)16-20(18,19)11-13-5-3-2-4-6-13/h2-10,17H,11H2,1H3/p-1. The lowest BCUT2D eigenvalue weighted by atomic mass is 10.1. The molecule has 0 unspecified atom stereocenters. The van der Waals surface area contributed by atoms with E-state index in [1.165, 1.54) is 19.1 Å². The zero-order valence-electron chi connectivity index (χ0n) is 11.0. The van der Waals surface area contributed by atoms with Crippen LogP contribution in [0.1, 0.15) is 12.5 Å². The number of rotatable bonds is 3. The van der Waals surface area contributed by atoms with Crippen LogP contribution in [0.2, 0.25) is 0 Å². The van der Waals surface area contributed by atoms with E-state index in [4.69, 9.17) is 0 Å². The Labute approximate surface area is 118 Å². The third kappa shape index (κ3) is 3.93. The van der Waals surface area contributed by atoms with Crippen LogP contribution in [0, 0.1) is 0 Å². The number of nitrogens with zero attached hydrogens (tertiary/aromatic N) is 1. The quantitative estimate of drug-likeness (QED) is 0.795. The van der Waals surface area contributed by atoms with E-state index in [-0.39, 0.29) is 11.5 Å². The Morgan fingerprint density at radius 3 is 2.25 bits per heavy atom. The fourth-order valence-corrected chi connectivity index (χ4v) is 2.86. The van der Waals surface area contributed by atoms with Crippen molar-refractivity contribution in [3.63, 3.8) is 0 Å². The second-order valence-corrected chi connectivity index (χ2v) is 6.04. The topological polar surface area (TPSA) is 69.6 Å². The van der Waals surface area contributed by atoms with Gasteiger partial charge in [0.25, 0.3) is 10.0 Å². The number of hydrogen-bond acceptors (Lipinski definition) is 3. The number of hydrogen-bond donors (Lipinski definition) is 0. The van der Waals surface area contributed by atoms with E-state index in [2.05, 4.69) is 4.40 Å². The van der Waals surface area contributed by atoms with Gasteiger partial charge in [0.05, 0.1) is 11.5 Å². The molecule has 0 saturated heterocycles. The van der Waals surface area contributed by atoms with E-state index in [1.54, 1.807) is 36.4 Å². The zero-order valence-corrected chi connectivity index (χ0v) is 11.8. The van der Waals surface area contributed by atoms with Crippen LogP contribution in [-0.4, -0.2) is 14.1 Å². The van der Waals surface area contributed by atoms with Gasteiger partial charge in [-0.15, -0.1) is 5.76 Å². The highest BCUT2D eigenvalue weighted by molar-refractivity contribution is 7.89. The molecule has 0 saturated carbocycles. The summed E-state index contributed by atoms with van der Waals surface area (Å²) < 4.78 is 27.7. The van der Waals surface area contributed by atoms with E-state index in [9.17, 15) is 13.5 Å². The van der Waals surface area contributed by atoms with Gasteiger partial charge in [-0.25, -0.2) is 8.42 Å². The van der Waals surface area contributed by atoms with Gasteiger partial charge in [0.1, 0.15) is 0 Å². The summed E-state index contributed by atoms with van der Waals surface area (Å²) in [4.78, 5) is 0. The molecule has 2 rings (SSSR count).